The second-order valence-electron chi connectivity index (χ2n) is 5.24. The van der Waals surface area contributed by atoms with Crippen LogP contribution >= 0.6 is 11.3 Å². The van der Waals surface area contributed by atoms with Crippen LogP contribution in [0.15, 0.2) is 35.7 Å². The van der Waals surface area contributed by atoms with Crippen LogP contribution in [0.3, 0.4) is 0 Å². The zero-order valence-electron chi connectivity index (χ0n) is 14.4. The fourth-order valence-corrected chi connectivity index (χ4v) is 2.83. The van der Waals surface area contributed by atoms with Crippen LogP contribution in [0.1, 0.15) is 30.3 Å². The molecule has 8 heteroatoms. The number of benzene rings is 1. The summed E-state index contributed by atoms with van der Waals surface area (Å²) in [7, 11) is 0. The predicted octanol–water partition coefficient (Wildman–Crippen LogP) is 2.43. The van der Waals surface area contributed by atoms with Gasteiger partial charge in [0.2, 0.25) is 0 Å². The summed E-state index contributed by atoms with van der Waals surface area (Å²) in [5.74, 6) is -1.38. The summed E-state index contributed by atoms with van der Waals surface area (Å²) in [5, 5.41) is 4.88. The maximum Gasteiger partial charge on any atom is 0.358 e. The molecule has 138 valence electrons. The van der Waals surface area contributed by atoms with Crippen molar-refractivity contribution >= 4 is 29.2 Å². The third-order valence-corrected chi connectivity index (χ3v) is 4.14. The first-order valence-electron chi connectivity index (χ1n) is 8.20. The number of carbonyl (C=O) groups excluding carboxylic acids is 3. The van der Waals surface area contributed by atoms with Crippen molar-refractivity contribution in [3.63, 3.8) is 0 Å². The van der Waals surface area contributed by atoms with E-state index in [-0.39, 0.29) is 18.1 Å². The van der Waals surface area contributed by atoms with Crippen molar-refractivity contribution in [1.29, 1.82) is 0 Å². The smallest absolute Gasteiger partial charge is 0.358 e. The number of nitrogens with zero attached hydrogens (tertiary/aromatic N) is 1. The molecule has 1 amide bonds. The van der Waals surface area contributed by atoms with Crippen molar-refractivity contribution in [1.82, 2.24) is 10.3 Å². The molecule has 1 heterocycles. The Morgan fingerprint density at radius 2 is 1.92 bits per heavy atom. The Bertz CT molecular complexity index is 745. The Hall–Kier alpha value is -2.74. The largest absolute Gasteiger partial charge is 0.466 e. The van der Waals surface area contributed by atoms with Crippen molar-refractivity contribution in [2.45, 2.75) is 19.8 Å². The van der Waals surface area contributed by atoms with E-state index in [9.17, 15) is 14.4 Å². The molecule has 0 atom stereocenters. The van der Waals surface area contributed by atoms with Crippen LogP contribution in [0.4, 0.5) is 0 Å². The zero-order chi connectivity index (χ0) is 18.8. The molecule has 1 aromatic carbocycles. The topological polar surface area (TPSA) is 94.6 Å². The first kappa shape index (κ1) is 19.6. The van der Waals surface area contributed by atoms with Crippen LogP contribution in [0, 0.1) is 0 Å². The zero-order valence-corrected chi connectivity index (χ0v) is 15.2. The molecule has 1 aromatic heterocycles. The van der Waals surface area contributed by atoms with Crippen LogP contribution in [0.5, 0.6) is 0 Å². The molecule has 26 heavy (non-hydrogen) atoms. The highest BCUT2D eigenvalue weighted by Crippen LogP contribution is 2.23. The highest BCUT2D eigenvalue weighted by Gasteiger charge is 2.14. The Balaban J connectivity index is 1.71. The molecule has 0 saturated heterocycles. The van der Waals surface area contributed by atoms with Gasteiger partial charge in [-0.05, 0) is 13.3 Å². The normalized spacial score (nSPS) is 10.2. The molecule has 0 bridgehead atoms. The van der Waals surface area contributed by atoms with E-state index >= 15 is 0 Å². The third-order valence-electron chi connectivity index (χ3n) is 3.25. The average Bonchev–Trinajstić information content (AvgIpc) is 3.14. The number of ether oxygens (including phenoxy) is 2. The standard InChI is InChI=1S/C18H20N2O5S/c1-2-24-16(22)9-6-10-19-15(21)11-25-18(23)14-12-26-17(20-14)13-7-4-3-5-8-13/h3-5,7-8,12H,2,6,9-11H2,1H3,(H,19,21). The summed E-state index contributed by atoms with van der Waals surface area (Å²) in [5.41, 5.74) is 1.08. The first-order valence-corrected chi connectivity index (χ1v) is 9.08. The summed E-state index contributed by atoms with van der Waals surface area (Å²) in [4.78, 5) is 39.0. The molecule has 2 rings (SSSR count). The van der Waals surface area contributed by atoms with Gasteiger partial charge in [0.25, 0.3) is 5.91 Å². The van der Waals surface area contributed by atoms with Gasteiger partial charge in [-0.15, -0.1) is 11.3 Å². The Morgan fingerprint density at radius 3 is 2.65 bits per heavy atom. The predicted molar refractivity (Wildman–Crippen MR) is 96.7 cm³/mol. The van der Waals surface area contributed by atoms with Gasteiger partial charge >= 0.3 is 11.9 Å². The lowest BCUT2D eigenvalue weighted by atomic mass is 10.2. The number of nitrogens with one attached hydrogen (secondary N) is 1. The van der Waals surface area contributed by atoms with E-state index in [1.54, 1.807) is 12.3 Å². The van der Waals surface area contributed by atoms with Gasteiger partial charge in [0.05, 0.1) is 6.61 Å². The summed E-state index contributed by atoms with van der Waals surface area (Å²) in [6.45, 7) is 1.99. The number of amides is 1. The van der Waals surface area contributed by atoms with Crippen molar-refractivity contribution in [2.24, 2.45) is 0 Å². The van der Waals surface area contributed by atoms with Gasteiger partial charge in [-0.1, -0.05) is 30.3 Å². The molecule has 1 N–H and O–H groups in total. The lowest BCUT2D eigenvalue weighted by Crippen LogP contribution is -2.30. The maximum absolute atomic E-state index is 12.0. The van der Waals surface area contributed by atoms with Crippen LogP contribution in [-0.4, -0.2) is 42.6 Å². The number of thiazole rings is 1. The van der Waals surface area contributed by atoms with E-state index in [2.05, 4.69) is 10.3 Å². The lowest BCUT2D eigenvalue weighted by molar-refractivity contribution is -0.143. The number of hydrogen-bond acceptors (Lipinski definition) is 7. The first-order chi connectivity index (χ1) is 12.6. The molecule has 7 nitrogen and oxygen atoms in total. The van der Waals surface area contributed by atoms with Gasteiger partial charge < -0.3 is 14.8 Å². The molecular weight excluding hydrogens is 356 g/mol. The van der Waals surface area contributed by atoms with Gasteiger partial charge in [0.15, 0.2) is 12.3 Å². The van der Waals surface area contributed by atoms with Crippen LogP contribution in [0.2, 0.25) is 0 Å². The van der Waals surface area contributed by atoms with Gasteiger partial charge in [0.1, 0.15) is 5.01 Å². The lowest BCUT2D eigenvalue weighted by Gasteiger charge is -2.05. The summed E-state index contributed by atoms with van der Waals surface area (Å²) in [6.07, 6.45) is 0.694. The third kappa shape index (κ3) is 6.29. The van der Waals surface area contributed by atoms with Crippen molar-refractivity contribution in [2.75, 3.05) is 19.8 Å². The number of esters is 2. The number of carbonyl (C=O) groups is 3. The summed E-state index contributed by atoms with van der Waals surface area (Å²) < 4.78 is 9.74. The molecule has 0 aliphatic rings. The number of aromatic nitrogens is 1. The molecule has 0 saturated carbocycles. The molecule has 0 unspecified atom stereocenters. The Kier molecular flexibility index (Phi) is 7.75. The second-order valence-corrected chi connectivity index (χ2v) is 6.10. The minimum absolute atomic E-state index is 0.170. The maximum atomic E-state index is 12.0. The molecule has 0 aliphatic carbocycles. The van der Waals surface area contributed by atoms with Crippen LogP contribution < -0.4 is 5.32 Å². The van der Waals surface area contributed by atoms with E-state index in [4.69, 9.17) is 9.47 Å². The van der Waals surface area contributed by atoms with Gasteiger partial charge in [-0.25, -0.2) is 9.78 Å². The van der Waals surface area contributed by atoms with Crippen molar-refractivity contribution in [3.8, 4) is 10.6 Å². The number of rotatable bonds is 9. The SMILES string of the molecule is CCOC(=O)CCCNC(=O)COC(=O)c1csc(-c2ccccc2)n1. The average molecular weight is 376 g/mol. The summed E-state index contributed by atoms with van der Waals surface area (Å²) in [6, 6.07) is 9.48. The minimum Gasteiger partial charge on any atom is -0.466 e. The van der Waals surface area contributed by atoms with Gasteiger partial charge in [-0.2, -0.15) is 0 Å². The van der Waals surface area contributed by atoms with E-state index in [1.807, 2.05) is 30.3 Å². The van der Waals surface area contributed by atoms with Crippen LogP contribution in [-0.2, 0) is 19.1 Å². The van der Waals surface area contributed by atoms with E-state index < -0.39 is 18.5 Å². The van der Waals surface area contributed by atoms with Crippen molar-refractivity contribution < 1.29 is 23.9 Å². The second kappa shape index (κ2) is 10.3. The quantitative estimate of drug-likeness (QED) is 0.533. The minimum atomic E-state index is -0.648. The van der Waals surface area contributed by atoms with E-state index in [0.29, 0.717) is 24.6 Å². The fourth-order valence-electron chi connectivity index (χ4n) is 2.03. The Labute approximate surface area is 155 Å². The Morgan fingerprint density at radius 1 is 1.15 bits per heavy atom. The number of hydrogen-bond donors (Lipinski definition) is 1. The monoisotopic (exact) mass is 376 g/mol. The van der Waals surface area contributed by atoms with E-state index in [0.717, 1.165) is 5.56 Å². The van der Waals surface area contributed by atoms with E-state index in [1.165, 1.54) is 11.3 Å². The van der Waals surface area contributed by atoms with Gasteiger partial charge in [-0.3, -0.25) is 9.59 Å². The molecule has 2 aromatic rings. The molecular formula is C18H20N2O5S. The summed E-state index contributed by atoms with van der Waals surface area (Å²) >= 11 is 1.33. The molecule has 0 fully saturated rings. The molecule has 0 aliphatic heterocycles. The highest BCUT2D eigenvalue weighted by molar-refractivity contribution is 7.13. The van der Waals surface area contributed by atoms with Gasteiger partial charge in [0, 0.05) is 23.9 Å². The van der Waals surface area contributed by atoms with Crippen LogP contribution in [0.25, 0.3) is 10.6 Å². The molecule has 0 radical (unpaired) electrons. The van der Waals surface area contributed by atoms with Crippen molar-refractivity contribution in [3.05, 3.63) is 41.4 Å². The fraction of sp³-hybridized carbons (Fsp3) is 0.333. The molecule has 0 spiro atoms. The highest BCUT2D eigenvalue weighted by atomic mass is 32.1.